The van der Waals surface area contributed by atoms with Crippen LogP contribution < -0.4 is 0 Å². The second-order valence-electron chi connectivity index (χ2n) is 9.03. The summed E-state index contributed by atoms with van der Waals surface area (Å²) in [5.41, 5.74) is 8.39. The molecule has 1 nitrogen and oxygen atoms in total. The fourth-order valence-electron chi connectivity index (χ4n) is 4.42. The van der Waals surface area contributed by atoms with Crippen LogP contribution >= 0.6 is 0 Å². The molecular weight excluding hydrogens is 388 g/mol. The van der Waals surface area contributed by atoms with Crippen molar-refractivity contribution in [2.75, 3.05) is 0 Å². The number of nitrogens with zero attached hydrogens (tertiary/aromatic N) is 1. The van der Waals surface area contributed by atoms with Crippen LogP contribution in [0.4, 0.5) is 8.78 Å². The molecule has 0 spiro atoms. The van der Waals surface area contributed by atoms with E-state index in [0.29, 0.717) is 5.92 Å². The summed E-state index contributed by atoms with van der Waals surface area (Å²) < 4.78 is 27.7. The lowest BCUT2D eigenvalue weighted by atomic mass is 9.86. The first-order valence-electron chi connectivity index (χ1n) is 11.1. The highest BCUT2D eigenvalue weighted by atomic mass is 19.1. The molecule has 0 atom stereocenters. The van der Waals surface area contributed by atoms with Crippen LogP contribution in [-0.4, -0.2) is 4.98 Å². The first kappa shape index (κ1) is 21.4. The van der Waals surface area contributed by atoms with E-state index in [-0.39, 0.29) is 17.6 Å². The highest BCUT2D eigenvalue weighted by Crippen LogP contribution is 2.42. The Morgan fingerprint density at radius 2 is 1.61 bits per heavy atom. The van der Waals surface area contributed by atoms with E-state index in [1.165, 1.54) is 23.8 Å². The molecule has 0 fully saturated rings. The van der Waals surface area contributed by atoms with E-state index >= 15 is 0 Å². The first-order valence-corrected chi connectivity index (χ1v) is 11.1. The van der Waals surface area contributed by atoms with Crippen LogP contribution in [-0.2, 0) is 12.8 Å². The summed E-state index contributed by atoms with van der Waals surface area (Å²) in [4.78, 5) is 5.18. The predicted molar refractivity (Wildman–Crippen MR) is 125 cm³/mol. The Hall–Kier alpha value is -2.81. The fraction of sp³-hybridized carbons (Fsp3) is 0.321. The van der Waals surface area contributed by atoms with Crippen molar-refractivity contribution in [3.05, 3.63) is 82.6 Å². The van der Waals surface area contributed by atoms with Crippen LogP contribution in [0.5, 0.6) is 0 Å². The number of aryl methyl sites for hydroxylation is 1. The summed E-state index contributed by atoms with van der Waals surface area (Å²) in [5, 5.41) is 0. The van der Waals surface area contributed by atoms with Crippen LogP contribution in [0.1, 0.15) is 62.4 Å². The van der Waals surface area contributed by atoms with Gasteiger partial charge in [-0.25, -0.2) is 8.78 Å². The van der Waals surface area contributed by atoms with E-state index in [9.17, 15) is 8.78 Å². The average Bonchev–Trinajstić information content (AvgIpc) is 2.90. The van der Waals surface area contributed by atoms with Crippen LogP contribution in [0, 0.1) is 17.6 Å². The van der Waals surface area contributed by atoms with E-state index in [4.69, 9.17) is 4.98 Å². The number of benzene rings is 2. The second-order valence-corrected chi connectivity index (χ2v) is 9.03. The average molecular weight is 418 g/mol. The molecule has 0 unspecified atom stereocenters. The van der Waals surface area contributed by atoms with Gasteiger partial charge in [-0.1, -0.05) is 52.0 Å². The zero-order chi connectivity index (χ0) is 22.1. The third kappa shape index (κ3) is 4.32. The molecule has 1 heterocycles. The Kier molecular flexibility index (Phi) is 6.04. The normalized spacial score (nSPS) is 13.5. The zero-order valence-corrected chi connectivity index (χ0v) is 18.7. The largest absolute Gasteiger partial charge is 0.252 e. The number of halogens is 2. The van der Waals surface area contributed by atoms with E-state index in [1.54, 1.807) is 6.07 Å². The lowest BCUT2D eigenvalue weighted by Gasteiger charge is -2.22. The molecule has 3 heteroatoms. The van der Waals surface area contributed by atoms with Crippen molar-refractivity contribution in [2.24, 2.45) is 5.92 Å². The van der Waals surface area contributed by atoms with Gasteiger partial charge in [-0.2, -0.15) is 0 Å². The fourth-order valence-corrected chi connectivity index (χ4v) is 4.42. The summed E-state index contributed by atoms with van der Waals surface area (Å²) >= 11 is 0. The lowest BCUT2D eigenvalue weighted by Crippen LogP contribution is -2.07. The maximum Gasteiger partial charge on any atom is 0.123 e. The smallest absolute Gasteiger partial charge is 0.123 e. The van der Waals surface area contributed by atoms with E-state index < -0.39 is 0 Å². The Bertz CT molecular complexity index is 1120. The van der Waals surface area contributed by atoms with E-state index in [0.717, 1.165) is 58.5 Å². The van der Waals surface area contributed by atoms with Gasteiger partial charge in [0.15, 0.2) is 0 Å². The molecule has 0 N–H and O–H groups in total. The van der Waals surface area contributed by atoms with Crippen molar-refractivity contribution in [2.45, 2.75) is 52.9 Å². The van der Waals surface area contributed by atoms with Gasteiger partial charge in [0.1, 0.15) is 11.6 Å². The quantitative estimate of drug-likeness (QED) is 0.419. The molecule has 0 radical (unpaired) electrons. The van der Waals surface area contributed by atoms with Crippen molar-refractivity contribution >= 4 is 6.08 Å². The summed E-state index contributed by atoms with van der Waals surface area (Å²) in [5.74, 6) is 0.168. The molecule has 1 aliphatic rings. The Balaban J connectivity index is 2.09. The van der Waals surface area contributed by atoms with Crippen molar-refractivity contribution in [3.8, 4) is 22.4 Å². The standard InChI is InChI=1S/C28H29F2N/c1-17(2)8-14-25-26(19-9-11-21(29)12-10-19)24-7-5-6-20-16-22(30)13-15-23(20)28(24)31-27(25)18(3)4/h8-18H,5-7H2,1-4H3/b14-8+. The monoisotopic (exact) mass is 417 g/mol. The van der Waals surface area contributed by atoms with Gasteiger partial charge in [-0.15, -0.1) is 0 Å². The van der Waals surface area contributed by atoms with Gasteiger partial charge in [0, 0.05) is 11.1 Å². The molecule has 0 aliphatic heterocycles. The van der Waals surface area contributed by atoms with Gasteiger partial charge >= 0.3 is 0 Å². The molecule has 0 saturated carbocycles. The van der Waals surface area contributed by atoms with Gasteiger partial charge in [-0.3, -0.25) is 4.98 Å². The molecule has 0 bridgehead atoms. The second kappa shape index (κ2) is 8.74. The maximum atomic E-state index is 14.0. The van der Waals surface area contributed by atoms with Gasteiger partial charge < -0.3 is 0 Å². The first-order chi connectivity index (χ1) is 14.8. The van der Waals surface area contributed by atoms with Gasteiger partial charge in [0.2, 0.25) is 0 Å². The molecule has 1 aromatic heterocycles. The zero-order valence-electron chi connectivity index (χ0n) is 18.7. The van der Waals surface area contributed by atoms with Crippen LogP contribution in [0.15, 0.2) is 48.5 Å². The summed E-state index contributed by atoms with van der Waals surface area (Å²) in [6, 6.07) is 11.8. The van der Waals surface area contributed by atoms with Crippen molar-refractivity contribution in [3.63, 3.8) is 0 Å². The highest BCUT2D eigenvalue weighted by Gasteiger charge is 2.25. The molecule has 3 aromatic rings. The van der Waals surface area contributed by atoms with Crippen molar-refractivity contribution < 1.29 is 8.78 Å². The van der Waals surface area contributed by atoms with Crippen molar-refractivity contribution in [1.29, 1.82) is 0 Å². The van der Waals surface area contributed by atoms with Crippen LogP contribution in [0.25, 0.3) is 28.5 Å². The lowest BCUT2D eigenvalue weighted by molar-refractivity contribution is 0.625. The van der Waals surface area contributed by atoms with Crippen LogP contribution in [0.3, 0.4) is 0 Å². The van der Waals surface area contributed by atoms with Crippen LogP contribution in [0.2, 0.25) is 0 Å². The minimum atomic E-state index is -0.243. The number of aromatic nitrogens is 1. The third-order valence-corrected chi connectivity index (χ3v) is 5.89. The van der Waals surface area contributed by atoms with Gasteiger partial charge in [-0.05, 0) is 83.7 Å². The molecule has 31 heavy (non-hydrogen) atoms. The van der Waals surface area contributed by atoms with E-state index in [2.05, 4.69) is 39.8 Å². The minimum absolute atomic E-state index is 0.207. The van der Waals surface area contributed by atoms with Gasteiger partial charge in [0.25, 0.3) is 0 Å². The Morgan fingerprint density at radius 1 is 0.903 bits per heavy atom. The predicted octanol–water partition coefficient (Wildman–Crippen LogP) is 7.98. The number of fused-ring (bicyclic) bond motifs is 3. The summed E-state index contributed by atoms with van der Waals surface area (Å²) in [7, 11) is 0. The van der Waals surface area contributed by atoms with E-state index in [1.807, 2.05) is 18.2 Å². The number of rotatable bonds is 4. The highest BCUT2D eigenvalue weighted by molar-refractivity contribution is 5.85. The number of hydrogen-bond donors (Lipinski definition) is 0. The Morgan fingerprint density at radius 3 is 2.29 bits per heavy atom. The number of allylic oxidation sites excluding steroid dienone is 1. The summed E-state index contributed by atoms with van der Waals surface area (Å²) in [6.07, 6.45) is 6.98. The number of pyridine rings is 1. The molecule has 4 rings (SSSR count). The minimum Gasteiger partial charge on any atom is -0.252 e. The molecule has 160 valence electrons. The molecule has 1 aliphatic carbocycles. The van der Waals surface area contributed by atoms with Crippen molar-refractivity contribution in [1.82, 2.24) is 4.98 Å². The third-order valence-electron chi connectivity index (χ3n) is 5.89. The molecule has 0 amide bonds. The number of hydrogen-bond acceptors (Lipinski definition) is 1. The maximum absolute atomic E-state index is 14.0. The molecular formula is C28H29F2N. The molecule has 2 aromatic carbocycles. The summed E-state index contributed by atoms with van der Waals surface area (Å²) in [6.45, 7) is 8.62. The Labute approximate surface area is 183 Å². The SMILES string of the molecule is CC(C)/C=C/c1c(C(C)C)nc2c(c1-c1ccc(F)cc1)CCCc1cc(F)ccc1-2. The topological polar surface area (TPSA) is 12.9 Å². The molecule has 0 saturated heterocycles. The van der Waals surface area contributed by atoms with Gasteiger partial charge in [0.05, 0.1) is 11.4 Å².